The summed E-state index contributed by atoms with van der Waals surface area (Å²) in [6.07, 6.45) is 0.397. The quantitative estimate of drug-likeness (QED) is 0.642. The van der Waals surface area contributed by atoms with E-state index in [4.69, 9.17) is 11.6 Å². The number of aromatic nitrogens is 2. The van der Waals surface area contributed by atoms with E-state index < -0.39 is 5.82 Å². The zero-order valence-corrected chi connectivity index (χ0v) is 16.6. The van der Waals surface area contributed by atoms with Crippen molar-refractivity contribution in [1.29, 1.82) is 0 Å². The van der Waals surface area contributed by atoms with E-state index >= 15 is 0 Å². The molecular weight excluding hydrogens is 381 g/mol. The fourth-order valence-corrected chi connectivity index (χ4v) is 2.86. The van der Waals surface area contributed by atoms with Crippen LogP contribution in [0.2, 0.25) is 5.02 Å². The number of amides is 1. The summed E-state index contributed by atoms with van der Waals surface area (Å²) in [6, 6.07) is 9.81. The van der Waals surface area contributed by atoms with Crippen LogP contribution in [0.25, 0.3) is 10.9 Å². The summed E-state index contributed by atoms with van der Waals surface area (Å²) in [5, 5.41) is 6.80. The molecule has 1 aromatic heterocycles. The second-order valence-corrected chi connectivity index (χ2v) is 7.11. The monoisotopic (exact) mass is 401 g/mol. The Bertz CT molecular complexity index is 1020. The van der Waals surface area contributed by atoms with Gasteiger partial charge < -0.3 is 15.5 Å². The molecule has 0 spiro atoms. The summed E-state index contributed by atoms with van der Waals surface area (Å²) >= 11 is 5.87. The Hall–Kier alpha value is -2.77. The zero-order chi connectivity index (χ0) is 20.3. The third kappa shape index (κ3) is 4.94. The van der Waals surface area contributed by atoms with Crippen LogP contribution in [-0.2, 0) is 4.79 Å². The predicted octanol–water partition coefficient (Wildman–Crippen LogP) is 4.36. The number of carbonyl (C=O) groups is 1. The minimum Gasteiger partial charge on any atom is -0.340 e. The van der Waals surface area contributed by atoms with Crippen molar-refractivity contribution in [2.24, 2.45) is 0 Å². The number of benzene rings is 2. The van der Waals surface area contributed by atoms with Gasteiger partial charge in [0, 0.05) is 29.7 Å². The fourth-order valence-electron chi connectivity index (χ4n) is 2.68. The number of hydrogen-bond acceptors (Lipinski definition) is 5. The topological polar surface area (TPSA) is 70.2 Å². The van der Waals surface area contributed by atoms with Crippen molar-refractivity contribution in [3.63, 3.8) is 0 Å². The van der Waals surface area contributed by atoms with E-state index in [1.165, 1.54) is 12.1 Å². The van der Waals surface area contributed by atoms with Crippen molar-refractivity contribution < 1.29 is 9.18 Å². The normalized spacial score (nSPS) is 11.1. The first-order valence-electron chi connectivity index (χ1n) is 8.77. The summed E-state index contributed by atoms with van der Waals surface area (Å²) in [4.78, 5) is 23.0. The Labute approximate surface area is 167 Å². The SMILES string of the molecule is Cc1nc(Nc2ccc(F)c(Cl)c2)c2cc(NC(=O)CCN(C)C)ccc2n1. The molecule has 3 rings (SSSR count). The van der Waals surface area contributed by atoms with Gasteiger partial charge >= 0.3 is 0 Å². The van der Waals surface area contributed by atoms with Gasteiger partial charge in [0.1, 0.15) is 17.5 Å². The molecule has 6 nitrogen and oxygen atoms in total. The third-order valence-corrected chi connectivity index (χ3v) is 4.35. The van der Waals surface area contributed by atoms with Crippen LogP contribution in [0.3, 0.4) is 0 Å². The lowest BCUT2D eigenvalue weighted by atomic mass is 10.2. The first-order valence-corrected chi connectivity index (χ1v) is 9.14. The van der Waals surface area contributed by atoms with Crippen LogP contribution in [0.1, 0.15) is 12.2 Å². The van der Waals surface area contributed by atoms with Gasteiger partial charge in [0.25, 0.3) is 0 Å². The first kappa shape index (κ1) is 20.0. The third-order valence-electron chi connectivity index (χ3n) is 4.06. The maximum atomic E-state index is 13.4. The van der Waals surface area contributed by atoms with Gasteiger partial charge in [-0.2, -0.15) is 0 Å². The number of hydrogen-bond donors (Lipinski definition) is 2. The molecule has 0 saturated heterocycles. The van der Waals surface area contributed by atoms with Crippen LogP contribution in [-0.4, -0.2) is 41.4 Å². The minimum absolute atomic E-state index is 0.0222. The van der Waals surface area contributed by atoms with Crippen LogP contribution < -0.4 is 10.6 Å². The smallest absolute Gasteiger partial charge is 0.225 e. The lowest BCUT2D eigenvalue weighted by Crippen LogP contribution is -2.20. The highest BCUT2D eigenvalue weighted by atomic mass is 35.5. The van der Waals surface area contributed by atoms with Gasteiger partial charge in [-0.3, -0.25) is 4.79 Å². The van der Waals surface area contributed by atoms with Crippen molar-refractivity contribution in [2.75, 3.05) is 31.3 Å². The molecule has 1 heterocycles. The Morgan fingerprint density at radius 1 is 1.14 bits per heavy atom. The molecule has 1 amide bonds. The fraction of sp³-hybridized carbons (Fsp3) is 0.250. The van der Waals surface area contributed by atoms with Crippen molar-refractivity contribution in [1.82, 2.24) is 14.9 Å². The number of halogens is 2. The first-order chi connectivity index (χ1) is 13.3. The average molecular weight is 402 g/mol. The number of nitrogens with one attached hydrogen (secondary N) is 2. The number of rotatable bonds is 6. The number of nitrogens with zero attached hydrogens (tertiary/aromatic N) is 3. The van der Waals surface area contributed by atoms with Crippen LogP contribution in [0.15, 0.2) is 36.4 Å². The molecule has 8 heteroatoms. The molecule has 0 saturated carbocycles. The lowest BCUT2D eigenvalue weighted by molar-refractivity contribution is -0.116. The maximum absolute atomic E-state index is 13.4. The molecule has 0 atom stereocenters. The molecule has 2 aromatic carbocycles. The summed E-state index contributed by atoms with van der Waals surface area (Å²) in [6.45, 7) is 2.46. The van der Waals surface area contributed by atoms with Gasteiger partial charge in [-0.1, -0.05) is 11.6 Å². The van der Waals surface area contributed by atoms with E-state index in [-0.39, 0.29) is 10.9 Å². The molecular formula is C20H21ClFN5O. The molecule has 0 unspecified atom stereocenters. The van der Waals surface area contributed by atoms with E-state index in [2.05, 4.69) is 20.6 Å². The Morgan fingerprint density at radius 2 is 1.89 bits per heavy atom. The summed E-state index contributed by atoms with van der Waals surface area (Å²) < 4.78 is 13.4. The number of aryl methyl sites for hydroxylation is 1. The van der Waals surface area contributed by atoms with Crippen LogP contribution in [0.5, 0.6) is 0 Å². The molecule has 3 aromatic rings. The van der Waals surface area contributed by atoms with E-state index in [1.807, 2.05) is 31.1 Å². The summed E-state index contributed by atoms with van der Waals surface area (Å²) in [5.41, 5.74) is 1.99. The molecule has 146 valence electrons. The van der Waals surface area contributed by atoms with Gasteiger partial charge in [-0.05, 0) is 57.4 Å². The van der Waals surface area contributed by atoms with Gasteiger partial charge in [0.05, 0.1) is 10.5 Å². The number of carbonyl (C=O) groups excluding carboxylic acids is 1. The number of anilines is 3. The minimum atomic E-state index is -0.487. The molecule has 0 fully saturated rings. The highest BCUT2D eigenvalue weighted by Crippen LogP contribution is 2.28. The van der Waals surface area contributed by atoms with Crippen molar-refractivity contribution >= 4 is 45.6 Å². The molecule has 0 aliphatic rings. The summed E-state index contributed by atoms with van der Waals surface area (Å²) in [5.74, 6) is 0.583. The van der Waals surface area contributed by atoms with Gasteiger partial charge in [-0.25, -0.2) is 14.4 Å². The van der Waals surface area contributed by atoms with Crippen molar-refractivity contribution in [3.8, 4) is 0 Å². The highest BCUT2D eigenvalue weighted by Gasteiger charge is 2.10. The van der Waals surface area contributed by atoms with Crippen LogP contribution in [0.4, 0.5) is 21.6 Å². The highest BCUT2D eigenvalue weighted by molar-refractivity contribution is 6.31. The van der Waals surface area contributed by atoms with Crippen molar-refractivity contribution in [2.45, 2.75) is 13.3 Å². The van der Waals surface area contributed by atoms with E-state index in [0.29, 0.717) is 36.0 Å². The van der Waals surface area contributed by atoms with Crippen LogP contribution >= 0.6 is 11.6 Å². The average Bonchev–Trinajstić information content (AvgIpc) is 2.63. The molecule has 0 radical (unpaired) electrons. The second-order valence-electron chi connectivity index (χ2n) is 6.71. The molecule has 0 aliphatic heterocycles. The second kappa shape index (κ2) is 8.50. The van der Waals surface area contributed by atoms with Crippen molar-refractivity contribution in [3.05, 3.63) is 53.1 Å². The van der Waals surface area contributed by atoms with Gasteiger partial charge in [0.2, 0.25) is 5.91 Å². The largest absolute Gasteiger partial charge is 0.340 e. The van der Waals surface area contributed by atoms with E-state index in [9.17, 15) is 9.18 Å². The van der Waals surface area contributed by atoms with Gasteiger partial charge in [0.15, 0.2) is 0 Å². The van der Waals surface area contributed by atoms with E-state index in [1.54, 1.807) is 19.1 Å². The van der Waals surface area contributed by atoms with Crippen LogP contribution in [0, 0.1) is 12.7 Å². The molecule has 0 bridgehead atoms. The summed E-state index contributed by atoms with van der Waals surface area (Å²) in [7, 11) is 3.84. The predicted molar refractivity (Wildman–Crippen MR) is 111 cm³/mol. The Kier molecular flexibility index (Phi) is 6.06. The molecule has 0 aliphatic carbocycles. The van der Waals surface area contributed by atoms with E-state index in [0.717, 1.165) is 10.9 Å². The molecule has 28 heavy (non-hydrogen) atoms. The maximum Gasteiger partial charge on any atom is 0.225 e. The molecule has 2 N–H and O–H groups in total. The Balaban J connectivity index is 1.90. The number of fused-ring (bicyclic) bond motifs is 1. The van der Waals surface area contributed by atoms with Gasteiger partial charge in [-0.15, -0.1) is 0 Å². The Morgan fingerprint density at radius 3 is 2.61 bits per heavy atom. The lowest BCUT2D eigenvalue weighted by Gasteiger charge is -2.13. The zero-order valence-electron chi connectivity index (χ0n) is 15.9. The standard InChI is InChI=1S/C20H21ClFN5O/c1-12-23-18-7-5-13(25-19(28)8-9-27(2)3)10-15(18)20(24-12)26-14-4-6-17(22)16(21)11-14/h4-7,10-11H,8-9H2,1-3H3,(H,25,28)(H,23,24,26).